The molecule has 1 heterocycles. The highest BCUT2D eigenvalue weighted by Gasteiger charge is 2.18. The number of nitrogens with one attached hydrogen (secondary N) is 2. The van der Waals surface area contributed by atoms with E-state index in [1.807, 2.05) is 6.92 Å². The summed E-state index contributed by atoms with van der Waals surface area (Å²) in [7, 11) is 0. The molecule has 1 rings (SSSR count). The van der Waals surface area contributed by atoms with Crippen molar-refractivity contribution in [2.75, 3.05) is 17.2 Å². The Labute approximate surface area is 124 Å². The van der Waals surface area contributed by atoms with Gasteiger partial charge < -0.3 is 14.8 Å². The minimum Gasteiger partial charge on any atom is -0.490 e. The van der Waals surface area contributed by atoms with Crippen molar-refractivity contribution in [3.05, 3.63) is 12.3 Å². The average molecular weight is 295 g/mol. The molecule has 0 aromatic carbocycles. The number of pyridine rings is 1. The zero-order valence-corrected chi connectivity index (χ0v) is 12.9. The van der Waals surface area contributed by atoms with Crippen molar-refractivity contribution in [1.82, 2.24) is 4.98 Å². The maximum absolute atomic E-state index is 11.8. The fraction of sp³-hybridized carbons (Fsp3) is 0.500. The first kappa shape index (κ1) is 16.7. The summed E-state index contributed by atoms with van der Waals surface area (Å²) in [6.45, 7) is 8.92. The standard InChI is InChI=1S/C14H21N3O4/c1-6-20-11-8-15-12(16-9(2)18)7-10(11)17-13(19)21-14(3,4)5/h7-8H,6H2,1-5H3,(H2,15,16,17,18,19). The molecular weight excluding hydrogens is 274 g/mol. The lowest BCUT2D eigenvalue weighted by Gasteiger charge is -2.20. The third-order valence-corrected chi connectivity index (χ3v) is 2.11. The quantitative estimate of drug-likeness (QED) is 0.891. The Morgan fingerprint density at radius 2 is 1.95 bits per heavy atom. The highest BCUT2D eigenvalue weighted by molar-refractivity contribution is 5.91. The summed E-state index contributed by atoms with van der Waals surface area (Å²) >= 11 is 0. The normalized spacial score (nSPS) is 10.7. The highest BCUT2D eigenvalue weighted by Crippen LogP contribution is 2.26. The van der Waals surface area contributed by atoms with Crippen molar-refractivity contribution in [3.63, 3.8) is 0 Å². The van der Waals surface area contributed by atoms with Crippen molar-refractivity contribution in [2.45, 2.75) is 40.2 Å². The van der Waals surface area contributed by atoms with Crippen LogP contribution >= 0.6 is 0 Å². The molecule has 0 spiro atoms. The molecule has 0 radical (unpaired) electrons. The predicted octanol–water partition coefficient (Wildman–Crippen LogP) is 2.79. The highest BCUT2D eigenvalue weighted by atomic mass is 16.6. The Balaban J connectivity index is 2.94. The first-order chi connectivity index (χ1) is 9.71. The minimum absolute atomic E-state index is 0.255. The number of hydrogen-bond donors (Lipinski definition) is 2. The Kier molecular flexibility index (Phi) is 5.52. The van der Waals surface area contributed by atoms with E-state index in [4.69, 9.17) is 9.47 Å². The number of amides is 2. The summed E-state index contributed by atoms with van der Waals surface area (Å²) in [5, 5.41) is 5.13. The second-order valence-electron chi connectivity index (χ2n) is 5.31. The van der Waals surface area contributed by atoms with Crippen LogP contribution in [-0.2, 0) is 9.53 Å². The molecule has 0 aliphatic carbocycles. The van der Waals surface area contributed by atoms with Gasteiger partial charge in [-0.15, -0.1) is 0 Å². The molecule has 0 saturated heterocycles. The number of hydrogen-bond acceptors (Lipinski definition) is 5. The van der Waals surface area contributed by atoms with Crippen molar-refractivity contribution in [1.29, 1.82) is 0 Å². The molecule has 7 nitrogen and oxygen atoms in total. The second-order valence-corrected chi connectivity index (χ2v) is 5.31. The van der Waals surface area contributed by atoms with Crippen LogP contribution in [0.1, 0.15) is 34.6 Å². The molecule has 0 atom stereocenters. The van der Waals surface area contributed by atoms with Crippen LogP contribution in [0.15, 0.2) is 12.3 Å². The molecule has 2 N–H and O–H groups in total. The lowest BCUT2D eigenvalue weighted by molar-refractivity contribution is -0.114. The number of nitrogens with zero attached hydrogens (tertiary/aromatic N) is 1. The van der Waals surface area contributed by atoms with Crippen molar-refractivity contribution in [3.8, 4) is 5.75 Å². The van der Waals surface area contributed by atoms with Gasteiger partial charge in [-0.05, 0) is 27.7 Å². The van der Waals surface area contributed by atoms with Crippen molar-refractivity contribution < 1.29 is 19.1 Å². The van der Waals surface area contributed by atoms with Gasteiger partial charge in [0.1, 0.15) is 11.4 Å². The van der Waals surface area contributed by atoms with Crippen LogP contribution in [0.3, 0.4) is 0 Å². The third kappa shape index (κ3) is 6.11. The largest absolute Gasteiger partial charge is 0.490 e. The molecular formula is C14H21N3O4. The summed E-state index contributed by atoms with van der Waals surface area (Å²) in [6.07, 6.45) is 0.824. The molecule has 0 aliphatic heterocycles. The Morgan fingerprint density at radius 1 is 1.29 bits per heavy atom. The molecule has 1 aromatic rings. The van der Waals surface area contributed by atoms with Crippen LogP contribution in [0.25, 0.3) is 0 Å². The van der Waals surface area contributed by atoms with Crippen LogP contribution in [0.4, 0.5) is 16.3 Å². The second kappa shape index (κ2) is 6.92. The van der Waals surface area contributed by atoms with E-state index in [1.165, 1.54) is 19.2 Å². The lowest BCUT2D eigenvalue weighted by atomic mass is 10.2. The summed E-state index contributed by atoms with van der Waals surface area (Å²) in [4.78, 5) is 26.9. The predicted molar refractivity (Wildman–Crippen MR) is 79.6 cm³/mol. The molecule has 0 unspecified atom stereocenters. The summed E-state index contributed by atoms with van der Waals surface area (Å²) in [5.74, 6) is 0.462. The van der Waals surface area contributed by atoms with Gasteiger partial charge in [0, 0.05) is 13.0 Å². The summed E-state index contributed by atoms with van der Waals surface area (Å²) < 4.78 is 10.6. The molecule has 2 amide bonds. The topological polar surface area (TPSA) is 89.5 Å². The zero-order chi connectivity index (χ0) is 16.0. The smallest absolute Gasteiger partial charge is 0.412 e. The van der Waals surface area contributed by atoms with E-state index >= 15 is 0 Å². The Bertz CT molecular complexity index is 523. The Morgan fingerprint density at radius 3 is 2.48 bits per heavy atom. The van der Waals surface area contributed by atoms with Gasteiger partial charge >= 0.3 is 6.09 Å². The summed E-state index contributed by atoms with van der Waals surface area (Å²) in [6, 6.07) is 1.51. The molecule has 0 fully saturated rings. The molecule has 116 valence electrons. The number of carbonyl (C=O) groups is 2. The van der Waals surface area contributed by atoms with Gasteiger partial charge in [-0.1, -0.05) is 0 Å². The van der Waals surface area contributed by atoms with E-state index in [-0.39, 0.29) is 5.91 Å². The fourth-order valence-corrected chi connectivity index (χ4v) is 1.47. The van der Waals surface area contributed by atoms with Crippen LogP contribution in [0, 0.1) is 0 Å². The first-order valence-electron chi connectivity index (χ1n) is 6.61. The van der Waals surface area contributed by atoms with Gasteiger partial charge in [-0.2, -0.15) is 0 Å². The monoisotopic (exact) mass is 295 g/mol. The number of carbonyl (C=O) groups excluding carboxylic acids is 2. The van der Waals surface area contributed by atoms with E-state index in [1.54, 1.807) is 20.8 Å². The van der Waals surface area contributed by atoms with Crippen molar-refractivity contribution >= 4 is 23.5 Å². The summed E-state index contributed by atoms with van der Waals surface area (Å²) in [5.41, 5.74) is -0.228. The van der Waals surface area contributed by atoms with E-state index in [0.717, 1.165) is 0 Å². The molecule has 0 bridgehead atoms. The van der Waals surface area contributed by atoms with E-state index in [9.17, 15) is 9.59 Å². The minimum atomic E-state index is -0.608. The number of rotatable bonds is 4. The van der Waals surface area contributed by atoms with Crippen LogP contribution in [0.5, 0.6) is 5.75 Å². The first-order valence-corrected chi connectivity index (χ1v) is 6.61. The Hall–Kier alpha value is -2.31. The van der Waals surface area contributed by atoms with Crippen LogP contribution in [0.2, 0.25) is 0 Å². The lowest BCUT2D eigenvalue weighted by Crippen LogP contribution is -2.27. The zero-order valence-electron chi connectivity index (χ0n) is 12.9. The molecule has 21 heavy (non-hydrogen) atoms. The van der Waals surface area contributed by atoms with Crippen molar-refractivity contribution in [2.24, 2.45) is 0 Å². The van der Waals surface area contributed by atoms with Gasteiger partial charge in [-0.3, -0.25) is 10.1 Å². The maximum Gasteiger partial charge on any atom is 0.412 e. The average Bonchev–Trinajstić information content (AvgIpc) is 2.29. The molecule has 7 heteroatoms. The molecule has 0 aliphatic rings. The van der Waals surface area contributed by atoms with Gasteiger partial charge in [0.2, 0.25) is 5.91 Å². The number of aromatic nitrogens is 1. The van der Waals surface area contributed by atoms with Gasteiger partial charge in [0.15, 0.2) is 5.75 Å². The number of ether oxygens (including phenoxy) is 2. The van der Waals surface area contributed by atoms with Crippen LogP contribution in [-0.4, -0.2) is 29.2 Å². The SMILES string of the molecule is CCOc1cnc(NC(C)=O)cc1NC(=O)OC(C)(C)C. The fourth-order valence-electron chi connectivity index (χ4n) is 1.47. The number of anilines is 2. The van der Waals surface area contributed by atoms with E-state index < -0.39 is 11.7 Å². The van der Waals surface area contributed by atoms with E-state index in [0.29, 0.717) is 23.9 Å². The molecule has 1 aromatic heterocycles. The van der Waals surface area contributed by atoms with Gasteiger partial charge in [-0.25, -0.2) is 9.78 Å². The van der Waals surface area contributed by atoms with Gasteiger partial charge in [0.05, 0.1) is 18.5 Å². The van der Waals surface area contributed by atoms with E-state index in [2.05, 4.69) is 15.6 Å². The van der Waals surface area contributed by atoms with Crippen LogP contribution < -0.4 is 15.4 Å². The molecule has 0 saturated carbocycles. The third-order valence-electron chi connectivity index (χ3n) is 2.11. The van der Waals surface area contributed by atoms with Gasteiger partial charge in [0.25, 0.3) is 0 Å². The maximum atomic E-state index is 11.8.